The Bertz CT molecular complexity index is 1020. The van der Waals surface area contributed by atoms with E-state index in [0.717, 1.165) is 0 Å². The minimum absolute atomic E-state index is 0.213. The molecule has 0 bridgehead atoms. The van der Waals surface area contributed by atoms with Crippen LogP contribution in [-0.2, 0) is 21.8 Å². The smallest absolute Gasteiger partial charge is 0.215 e. The van der Waals surface area contributed by atoms with Gasteiger partial charge in [0.05, 0.1) is 39.6 Å². The number of imidazole rings is 1. The van der Waals surface area contributed by atoms with E-state index in [1.165, 1.54) is 0 Å². The molecule has 10 heteroatoms. The van der Waals surface area contributed by atoms with Gasteiger partial charge in [-0.25, -0.2) is 4.98 Å². The number of halogens is 5. The molecule has 30 heavy (non-hydrogen) atoms. The van der Waals surface area contributed by atoms with Gasteiger partial charge in [-0.3, -0.25) is 0 Å². The zero-order valence-corrected chi connectivity index (χ0v) is 19.1. The van der Waals surface area contributed by atoms with E-state index in [9.17, 15) is 0 Å². The highest BCUT2D eigenvalue weighted by molar-refractivity contribution is 6.48. The van der Waals surface area contributed by atoms with Gasteiger partial charge in [0.15, 0.2) is 0 Å². The molecule has 1 saturated heterocycles. The Morgan fingerprint density at radius 3 is 2.50 bits per heavy atom. The normalized spacial score (nSPS) is 21.2. The molecule has 4 rings (SSSR count). The molecular formula is C20H15Cl5N2O3. The Balaban J connectivity index is 1.54. The maximum atomic E-state index is 6.47. The Labute approximate surface area is 198 Å². The number of hydrogen-bond donors (Lipinski definition) is 0. The summed E-state index contributed by atoms with van der Waals surface area (Å²) in [6.45, 7) is 0.858. The van der Waals surface area contributed by atoms with Crippen molar-refractivity contribution in [1.82, 2.24) is 9.55 Å². The van der Waals surface area contributed by atoms with Crippen molar-refractivity contribution in [2.45, 2.75) is 18.4 Å². The van der Waals surface area contributed by atoms with Crippen LogP contribution in [0.25, 0.3) is 0 Å². The summed E-state index contributed by atoms with van der Waals surface area (Å²) in [7, 11) is 0. The van der Waals surface area contributed by atoms with Gasteiger partial charge in [-0.1, -0.05) is 64.1 Å². The van der Waals surface area contributed by atoms with Crippen LogP contribution in [0.1, 0.15) is 5.56 Å². The summed E-state index contributed by atoms with van der Waals surface area (Å²) in [4.78, 5) is 4.08. The fraction of sp³-hybridized carbons (Fsp3) is 0.250. The number of nitrogens with zero attached hydrogens (tertiary/aromatic N) is 2. The highest BCUT2D eigenvalue weighted by Crippen LogP contribution is 2.41. The van der Waals surface area contributed by atoms with Crippen LogP contribution in [0.15, 0.2) is 49.1 Å². The number of benzene rings is 2. The summed E-state index contributed by atoms with van der Waals surface area (Å²) in [6, 6.07) is 8.39. The molecular weight excluding hydrogens is 493 g/mol. The summed E-state index contributed by atoms with van der Waals surface area (Å²) >= 11 is 30.6. The van der Waals surface area contributed by atoms with E-state index in [0.29, 0.717) is 44.6 Å². The number of aromatic nitrogens is 2. The molecule has 2 aromatic carbocycles. The fourth-order valence-electron chi connectivity index (χ4n) is 3.18. The molecule has 0 unspecified atom stereocenters. The molecule has 1 aromatic heterocycles. The van der Waals surface area contributed by atoms with Crippen LogP contribution in [0.5, 0.6) is 5.75 Å². The first-order valence-corrected chi connectivity index (χ1v) is 10.8. The van der Waals surface area contributed by atoms with Gasteiger partial charge < -0.3 is 18.8 Å². The van der Waals surface area contributed by atoms with E-state index in [4.69, 9.17) is 72.2 Å². The lowest BCUT2D eigenvalue weighted by molar-refractivity contribution is -0.189. The summed E-state index contributed by atoms with van der Waals surface area (Å²) < 4.78 is 20.1. The lowest BCUT2D eigenvalue weighted by atomic mass is 10.1. The third-order valence-corrected chi connectivity index (χ3v) is 6.29. The molecule has 1 aliphatic heterocycles. The van der Waals surface area contributed by atoms with E-state index in [1.54, 1.807) is 42.9 Å². The number of hydrogen-bond acceptors (Lipinski definition) is 4. The summed E-state index contributed by atoms with van der Waals surface area (Å²) in [5.41, 5.74) is 0.669. The lowest BCUT2D eigenvalue weighted by Crippen LogP contribution is -2.34. The van der Waals surface area contributed by atoms with E-state index >= 15 is 0 Å². The third-order valence-electron chi connectivity index (χ3n) is 4.54. The lowest BCUT2D eigenvalue weighted by Gasteiger charge is -2.30. The van der Waals surface area contributed by atoms with E-state index < -0.39 is 5.79 Å². The first-order chi connectivity index (χ1) is 14.4. The van der Waals surface area contributed by atoms with E-state index in [1.807, 2.05) is 10.8 Å². The van der Waals surface area contributed by atoms with Gasteiger partial charge in [0.25, 0.3) is 0 Å². The van der Waals surface area contributed by atoms with Crippen LogP contribution in [0.2, 0.25) is 25.1 Å². The first-order valence-electron chi connectivity index (χ1n) is 8.87. The first kappa shape index (κ1) is 22.0. The van der Waals surface area contributed by atoms with Crippen molar-refractivity contribution < 1.29 is 14.2 Å². The summed E-state index contributed by atoms with van der Waals surface area (Å²) in [5.74, 6) is -0.638. The molecule has 2 heterocycles. The van der Waals surface area contributed by atoms with Gasteiger partial charge in [0, 0.05) is 35.1 Å². The molecule has 1 fully saturated rings. The predicted molar refractivity (Wildman–Crippen MR) is 118 cm³/mol. The molecule has 5 nitrogen and oxygen atoms in total. The molecule has 3 aromatic rings. The molecule has 0 N–H and O–H groups in total. The third kappa shape index (κ3) is 4.68. The average Bonchev–Trinajstić information content (AvgIpc) is 3.35. The molecule has 0 radical (unpaired) electrons. The Morgan fingerprint density at radius 2 is 1.83 bits per heavy atom. The monoisotopic (exact) mass is 506 g/mol. The molecule has 2 atom stereocenters. The standard InChI is InChI=1S/C20H15Cl5N2O3/c21-12-1-2-15(16(22)5-12)20(10-27-4-3-26-11-27)29-9-14(30-20)8-28-13-6-17(23)19(25)18(24)7-13/h1-7,11,14H,8-10H2/t14-,20+/m0/s1. The predicted octanol–water partition coefficient (Wildman–Crippen LogP) is 6.50. The Kier molecular flexibility index (Phi) is 6.70. The van der Waals surface area contributed by atoms with Gasteiger partial charge in [-0.15, -0.1) is 0 Å². The van der Waals surface area contributed by atoms with Gasteiger partial charge in [0.1, 0.15) is 18.5 Å². The summed E-state index contributed by atoms with van der Waals surface area (Å²) in [5, 5.41) is 1.87. The second kappa shape index (κ2) is 9.13. The second-order valence-corrected chi connectivity index (χ2v) is 8.71. The zero-order chi connectivity index (χ0) is 21.3. The van der Waals surface area contributed by atoms with Crippen LogP contribution in [0, 0.1) is 0 Å². The molecule has 0 saturated carbocycles. The minimum Gasteiger partial charge on any atom is -0.491 e. The minimum atomic E-state index is -1.12. The summed E-state index contributed by atoms with van der Waals surface area (Å²) in [6.07, 6.45) is 4.81. The fourth-order valence-corrected chi connectivity index (χ4v) is 4.31. The molecule has 0 amide bonds. The van der Waals surface area contributed by atoms with Crippen LogP contribution >= 0.6 is 58.0 Å². The highest BCUT2D eigenvalue weighted by atomic mass is 35.5. The van der Waals surface area contributed by atoms with Gasteiger partial charge in [0.2, 0.25) is 5.79 Å². The maximum Gasteiger partial charge on any atom is 0.215 e. The highest BCUT2D eigenvalue weighted by Gasteiger charge is 2.45. The Hall–Kier alpha value is -1.18. The molecule has 158 valence electrons. The number of ether oxygens (including phenoxy) is 3. The van der Waals surface area contributed by atoms with Crippen LogP contribution in [0.3, 0.4) is 0 Å². The van der Waals surface area contributed by atoms with Crippen LogP contribution in [0.4, 0.5) is 0 Å². The van der Waals surface area contributed by atoms with Crippen molar-refractivity contribution in [3.63, 3.8) is 0 Å². The average molecular weight is 509 g/mol. The largest absolute Gasteiger partial charge is 0.491 e. The zero-order valence-electron chi connectivity index (χ0n) is 15.3. The molecule has 0 spiro atoms. The molecule has 0 aliphatic carbocycles. The van der Waals surface area contributed by atoms with E-state index in [-0.39, 0.29) is 17.7 Å². The van der Waals surface area contributed by atoms with Crippen molar-refractivity contribution in [3.05, 3.63) is 79.7 Å². The van der Waals surface area contributed by atoms with Gasteiger partial charge >= 0.3 is 0 Å². The van der Waals surface area contributed by atoms with Crippen molar-refractivity contribution in [3.8, 4) is 5.75 Å². The van der Waals surface area contributed by atoms with Crippen LogP contribution < -0.4 is 4.74 Å². The quantitative estimate of drug-likeness (QED) is 0.357. The maximum absolute atomic E-state index is 6.47. The van der Waals surface area contributed by atoms with Crippen molar-refractivity contribution >= 4 is 58.0 Å². The SMILES string of the molecule is Clc1ccc([C@]2(Cn3ccnc3)OC[C@H](COc3cc(Cl)c(Cl)c(Cl)c3)O2)c(Cl)c1. The topological polar surface area (TPSA) is 45.5 Å². The van der Waals surface area contributed by atoms with Crippen molar-refractivity contribution in [2.75, 3.05) is 13.2 Å². The van der Waals surface area contributed by atoms with Crippen molar-refractivity contribution in [1.29, 1.82) is 0 Å². The second-order valence-electron chi connectivity index (χ2n) is 6.67. The van der Waals surface area contributed by atoms with Gasteiger partial charge in [-0.2, -0.15) is 0 Å². The van der Waals surface area contributed by atoms with E-state index in [2.05, 4.69) is 4.98 Å². The van der Waals surface area contributed by atoms with Crippen LogP contribution in [-0.4, -0.2) is 28.9 Å². The van der Waals surface area contributed by atoms with Crippen molar-refractivity contribution in [2.24, 2.45) is 0 Å². The van der Waals surface area contributed by atoms with Gasteiger partial charge in [-0.05, 0) is 12.1 Å². The number of rotatable bonds is 6. The molecule has 1 aliphatic rings. The Morgan fingerprint density at radius 1 is 1.07 bits per heavy atom.